The Kier molecular flexibility index (Phi) is 6.29. The number of aryl methyl sites for hydroxylation is 3. The summed E-state index contributed by atoms with van der Waals surface area (Å²) in [5.41, 5.74) is 7.44. The molecule has 6 rings (SSSR count). The molecular formula is C33H31N3O4. The lowest BCUT2D eigenvalue weighted by molar-refractivity contribution is -0.119. The number of rotatable bonds is 7. The summed E-state index contributed by atoms with van der Waals surface area (Å²) in [7, 11) is 1.64. The highest BCUT2D eigenvalue weighted by Gasteiger charge is 2.48. The monoisotopic (exact) mass is 533 g/mol. The Labute approximate surface area is 232 Å². The first kappa shape index (κ1) is 25.6. The summed E-state index contributed by atoms with van der Waals surface area (Å²) < 4.78 is 11.7. The molecule has 2 amide bonds. The van der Waals surface area contributed by atoms with Crippen molar-refractivity contribution >= 4 is 22.8 Å². The van der Waals surface area contributed by atoms with Gasteiger partial charge in [0.2, 0.25) is 5.91 Å². The van der Waals surface area contributed by atoms with E-state index in [-0.39, 0.29) is 18.2 Å². The lowest BCUT2D eigenvalue weighted by atomic mass is 9.95. The maximum atomic E-state index is 13.4. The first-order valence-corrected chi connectivity index (χ1v) is 13.5. The van der Waals surface area contributed by atoms with Crippen molar-refractivity contribution in [1.82, 2.24) is 15.6 Å². The van der Waals surface area contributed by atoms with Gasteiger partial charge in [0.1, 0.15) is 23.3 Å². The molecule has 202 valence electrons. The molecule has 2 aromatic heterocycles. The minimum Gasteiger partial charge on any atom is -0.456 e. The summed E-state index contributed by atoms with van der Waals surface area (Å²) in [6.45, 7) is 5.87. The van der Waals surface area contributed by atoms with E-state index in [1.165, 1.54) is 0 Å². The number of fused-ring (bicyclic) bond motifs is 1. The summed E-state index contributed by atoms with van der Waals surface area (Å²) in [4.78, 5) is 30.3. The van der Waals surface area contributed by atoms with Gasteiger partial charge in [-0.25, -0.2) is 4.98 Å². The standard InChI is InChI=1S/C33H31N3O4/c1-19-5-8-22(9-6-19)31-27(17-30(37)34-4)26-15-23(11-12-28(26)40-31)25-16-24(10-7-20(25)2)32(38)36-33(13-14-33)29-18-39-21(3)35-29/h5-12,15-16,18H,13-14,17H2,1-4H3,(H,34,37)(H,36,38). The average molecular weight is 534 g/mol. The highest BCUT2D eigenvalue weighted by atomic mass is 16.3. The first-order valence-electron chi connectivity index (χ1n) is 13.5. The molecule has 7 nitrogen and oxygen atoms in total. The third kappa shape index (κ3) is 4.68. The van der Waals surface area contributed by atoms with Gasteiger partial charge in [0.25, 0.3) is 5.91 Å². The van der Waals surface area contributed by atoms with Crippen molar-refractivity contribution in [3.63, 3.8) is 0 Å². The summed E-state index contributed by atoms with van der Waals surface area (Å²) >= 11 is 0. The predicted molar refractivity (Wildman–Crippen MR) is 154 cm³/mol. The Hall–Kier alpha value is -4.65. The lowest BCUT2D eigenvalue weighted by Gasteiger charge is -2.16. The second-order valence-corrected chi connectivity index (χ2v) is 10.7. The highest BCUT2D eigenvalue weighted by Crippen LogP contribution is 2.45. The molecule has 1 aliphatic carbocycles. The first-order chi connectivity index (χ1) is 19.3. The fourth-order valence-corrected chi connectivity index (χ4v) is 5.20. The molecule has 0 aliphatic heterocycles. The van der Waals surface area contributed by atoms with Gasteiger partial charge < -0.3 is 19.5 Å². The van der Waals surface area contributed by atoms with E-state index in [4.69, 9.17) is 8.83 Å². The number of oxazole rings is 1. The molecule has 1 aliphatic rings. The minimum atomic E-state index is -0.462. The Balaban J connectivity index is 1.38. The number of benzene rings is 3. The number of nitrogens with zero attached hydrogens (tertiary/aromatic N) is 1. The summed E-state index contributed by atoms with van der Waals surface area (Å²) in [6, 6.07) is 19.8. The fraction of sp³-hybridized carbons (Fsp3) is 0.242. The highest BCUT2D eigenvalue weighted by molar-refractivity contribution is 5.98. The van der Waals surface area contributed by atoms with Crippen LogP contribution in [-0.2, 0) is 16.8 Å². The van der Waals surface area contributed by atoms with Crippen LogP contribution in [0.2, 0.25) is 0 Å². The smallest absolute Gasteiger partial charge is 0.252 e. The molecule has 3 aromatic carbocycles. The molecule has 0 unspecified atom stereocenters. The van der Waals surface area contributed by atoms with Gasteiger partial charge in [0.15, 0.2) is 5.89 Å². The SMILES string of the molecule is CNC(=O)Cc1c(-c2ccc(C)cc2)oc2ccc(-c3cc(C(=O)NC4(c5coc(C)n5)CC4)ccc3C)cc12. The van der Waals surface area contributed by atoms with Crippen LogP contribution >= 0.6 is 0 Å². The third-order valence-electron chi connectivity index (χ3n) is 7.74. The molecular weight excluding hydrogens is 502 g/mol. The number of hydrogen-bond acceptors (Lipinski definition) is 5. The number of hydrogen-bond donors (Lipinski definition) is 2. The maximum Gasteiger partial charge on any atom is 0.252 e. The van der Waals surface area contributed by atoms with Crippen molar-refractivity contribution in [3.05, 3.63) is 101 Å². The third-order valence-corrected chi connectivity index (χ3v) is 7.74. The lowest BCUT2D eigenvalue weighted by Crippen LogP contribution is -2.35. The van der Waals surface area contributed by atoms with E-state index in [2.05, 4.69) is 21.7 Å². The van der Waals surface area contributed by atoms with Crippen LogP contribution in [0.5, 0.6) is 0 Å². The fourth-order valence-electron chi connectivity index (χ4n) is 5.20. The molecule has 0 atom stereocenters. The average Bonchev–Trinajstić information content (AvgIpc) is 3.45. The molecule has 40 heavy (non-hydrogen) atoms. The maximum absolute atomic E-state index is 13.4. The Bertz CT molecular complexity index is 1760. The van der Waals surface area contributed by atoms with E-state index in [9.17, 15) is 9.59 Å². The zero-order valence-corrected chi connectivity index (χ0v) is 23.1. The van der Waals surface area contributed by atoms with E-state index in [0.717, 1.165) is 57.3 Å². The second-order valence-electron chi connectivity index (χ2n) is 10.7. The van der Waals surface area contributed by atoms with E-state index in [1.54, 1.807) is 20.2 Å². The molecule has 1 fully saturated rings. The predicted octanol–water partition coefficient (Wildman–Crippen LogP) is 6.39. The number of nitrogens with one attached hydrogen (secondary N) is 2. The number of furan rings is 1. The van der Waals surface area contributed by atoms with Crippen molar-refractivity contribution in [3.8, 4) is 22.5 Å². The number of likely N-dealkylation sites (N-methyl/N-ethyl adjacent to an activating group) is 1. The molecule has 2 N–H and O–H groups in total. The summed E-state index contributed by atoms with van der Waals surface area (Å²) in [5.74, 6) is 1.04. The van der Waals surface area contributed by atoms with Crippen LogP contribution in [0.25, 0.3) is 33.4 Å². The van der Waals surface area contributed by atoms with E-state index in [1.807, 2.05) is 68.4 Å². The van der Waals surface area contributed by atoms with Crippen LogP contribution in [-0.4, -0.2) is 23.8 Å². The molecule has 0 saturated heterocycles. The van der Waals surface area contributed by atoms with Crippen molar-refractivity contribution in [2.75, 3.05) is 7.05 Å². The summed E-state index contributed by atoms with van der Waals surface area (Å²) in [5, 5.41) is 6.79. The normalized spacial score (nSPS) is 13.8. The van der Waals surface area contributed by atoms with Crippen LogP contribution in [0.15, 0.2) is 75.8 Å². The van der Waals surface area contributed by atoms with Crippen LogP contribution in [0, 0.1) is 20.8 Å². The van der Waals surface area contributed by atoms with E-state index in [0.29, 0.717) is 22.8 Å². The Morgan fingerprint density at radius 1 is 0.950 bits per heavy atom. The Morgan fingerprint density at radius 2 is 1.70 bits per heavy atom. The van der Waals surface area contributed by atoms with Gasteiger partial charge >= 0.3 is 0 Å². The van der Waals surface area contributed by atoms with Gasteiger partial charge in [-0.1, -0.05) is 42.0 Å². The number of carbonyl (C=O) groups is 2. The Morgan fingerprint density at radius 3 is 2.38 bits per heavy atom. The van der Waals surface area contributed by atoms with Crippen LogP contribution in [0.4, 0.5) is 0 Å². The van der Waals surface area contributed by atoms with Gasteiger partial charge in [0, 0.05) is 36.0 Å². The molecule has 1 saturated carbocycles. The molecule has 0 spiro atoms. The van der Waals surface area contributed by atoms with Gasteiger partial charge in [-0.3, -0.25) is 9.59 Å². The van der Waals surface area contributed by atoms with Gasteiger partial charge in [-0.2, -0.15) is 0 Å². The van der Waals surface area contributed by atoms with Crippen LogP contribution < -0.4 is 10.6 Å². The van der Waals surface area contributed by atoms with Crippen molar-refractivity contribution < 1.29 is 18.4 Å². The molecule has 0 bridgehead atoms. The largest absolute Gasteiger partial charge is 0.456 e. The zero-order chi connectivity index (χ0) is 28.0. The van der Waals surface area contributed by atoms with Gasteiger partial charge in [-0.15, -0.1) is 0 Å². The number of aromatic nitrogens is 1. The summed E-state index contributed by atoms with van der Waals surface area (Å²) in [6.07, 6.45) is 3.49. The van der Waals surface area contributed by atoms with Gasteiger partial charge in [0.05, 0.1) is 12.0 Å². The molecule has 2 heterocycles. The van der Waals surface area contributed by atoms with E-state index < -0.39 is 5.54 Å². The topological polar surface area (TPSA) is 97.4 Å². The number of carbonyl (C=O) groups excluding carboxylic acids is 2. The quantitative estimate of drug-likeness (QED) is 0.253. The van der Waals surface area contributed by atoms with Crippen molar-refractivity contribution in [2.45, 2.75) is 45.6 Å². The van der Waals surface area contributed by atoms with Gasteiger partial charge in [-0.05, 0) is 67.6 Å². The van der Waals surface area contributed by atoms with Crippen molar-refractivity contribution in [2.24, 2.45) is 0 Å². The zero-order valence-electron chi connectivity index (χ0n) is 23.1. The van der Waals surface area contributed by atoms with Crippen LogP contribution in [0.3, 0.4) is 0 Å². The molecule has 7 heteroatoms. The molecule has 0 radical (unpaired) electrons. The second kappa shape index (κ2) is 9.83. The van der Waals surface area contributed by atoms with Crippen molar-refractivity contribution in [1.29, 1.82) is 0 Å². The van der Waals surface area contributed by atoms with Crippen LogP contribution in [0.1, 0.15) is 51.5 Å². The molecule has 5 aromatic rings. The number of amides is 2. The van der Waals surface area contributed by atoms with E-state index >= 15 is 0 Å². The minimum absolute atomic E-state index is 0.0902.